The van der Waals surface area contributed by atoms with Crippen LogP contribution in [0.4, 0.5) is 0 Å². The first-order valence-corrected chi connectivity index (χ1v) is 1.64. The molecule has 12 nitrogen and oxygen atoms in total. The molecule has 75 valence electrons. The summed E-state index contributed by atoms with van der Waals surface area (Å²) in [6, 6.07) is 0. The van der Waals surface area contributed by atoms with Crippen molar-refractivity contribution in [2.24, 2.45) is 0 Å². The number of hydrogen-bond acceptors (Lipinski definition) is 9. The minimum atomic E-state index is -1.75. The minimum absolute atomic E-state index is 0. The maximum Gasteiger partial charge on any atom is 3.00 e. The van der Waals surface area contributed by atoms with Gasteiger partial charge < -0.3 is 46.0 Å². The van der Waals surface area contributed by atoms with Crippen LogP contribution in [0, 0.1) is 46.0 Å². The summed E-state index contributed by atoms with van der Waals surface area (Å²) >= 11 is 0. The summed E-state index contributed by atoms with van der Waals surface area (Å²) in [5.74, 6) is 0. The molecule has 14 heavy (non-hydrogen) atoms. The van der Waals surface area contributed by atoms with E-state index in [0.29, 0.717) is 0 Å². The molecular weight excluding hydrogens is 240 g/mol. The van der Waals surface area contributed by atoms with Gasteiger partial charge in [-0.05, 0) is 0 Å². The van der Waals surface area contributed by atoms with Gasteiger partial charge in [0.05, 0.1) is 15.3 Å². The van der Waals surface area contributed by atoms with E-state index >= 15 is 0 Å². The maximum absolute atomic E-state index is 8.25. The largest absolute Gasteiger partial charge is 3.00 e. The topological polar surface area (TPSA) is 199 Å². The van der Waals surface area contributed by atoms with Gasteiger partial charge >= 0.3 is 17.4 Å². The molecule has 3 radical (unpaired) electrons. The summed E-state index contributed by atoms with van der Waals surface area (Å²) in [5.41, 5.74) is 0. The van der Waals surface area contributed by atoms with Crippen molar-refractivity contribution >= 4 is 34.7 Å². The molecule has 0 saturated heterocycles. The molecule has 0 atom stereocenters. The van der Waals surface area contributed by atoms with Crippen molar-refractivity contribution in [3.8, 4) is 0 Å². The molecule has 0 heterocycles. The van der Waals surface area contributed by atoms with Crippen molar-refractivity contribution in [2.45, 2.75) is 0 Å². The number of rotatable bonds is 0. The molecule has 0 saturated carbocycles. The molecule has 0 fully saturated rings. The second-order valence-electron chi connectivity index (χ2n) is 0.671. The Hall–Kier alpha value is -1.34. The fourth-order valence-electron chi connectivity index (χ4n) is 0. The molecule has 0 aromatic carbocycles. The first-order chi connectivity index (χ1) is 5.20. The summed E-state index contributed by atoms with van der Waals surface area (Å²) < 4.78 is 0. The Balaban J connectivity index is -0.0000000270. The molecule has 0 aromatic heterocycles. The predicted molar refractivity (Wildman–Crippen MR) is 42.6 cm³/mol. The van der Waals surface area contributed by atoms with E-state index in [9.17, 15) is 0 Å². The van der Waals surface area contributed by atoms with Crippen LogP contribution >= 0.6 is 0 Å². The molecule has 14 heteroatoms. The molecule has 0 spiro atoms. The number of hydrogen-bond donors (Lipinski definition) is 0. The van der Waals surface area contributed by atoms with Gasteiger partial charge in [0.15, 0.2) is 0 Å². The third-order valence-corrected chi connectivity index (χ3v) is 0. The quantitative estimate of drug-likeness (QED) is 0.275. The van der Waals surface area contributed by atoms with Gasteiger partial charge in [-0.25, -0.2) is 0 Å². The Morgan fingerprint density at radius 2 is 0.571 bits per heavy atom. The van der Waals surface area contributed by atoms with Crippen molar-refractivity contribution in [1.29, 1.82) is 0 Å². The zero-order valence-electron chi connectivity index (χ0n) is 6.17. The Kier molecular flexibility index (Phi) is 47.3. The average molecular weight is 240 g/mol. The third kappa shape index (κ3) is 559. The van der Waals surface area contributed by atoms with Crippen molar-refractivity contribution in [3.63, 3.8) is 0 Å². The van der Waals surface area contributed by atoms with Crippen LogP contribution in [0.5, 0.6) is 0 Å². The molecule has 0 aliphatic carbocycles. The smallest absolute Gasteiger partial charge is 0.356 e. The van der Waals surface area contributed by atoms with Crippen LogP contribution in [0.25, 0.3) is 0 Å². The van der Waals surface area contributed by atoms with E-state index in [4.69, 9.17) is 46.0 Å². The second-order valence-corrected chi connectivity index (χ2v) is 0.671. The van der Waals surface area contributed by atoms with E-state index in [1.54, 1.807) is 0 Å². The third-order valence-electron chi connectivity index (χ3n) is 0. The van der Waals surface area contributed by atoms with Crippen LogP contribution in [-0.4, -0.2) is 50.0 Å². The fraction of sp³-hybridized carbons (Fsp3) is 0. The predicted octanol–water partition coefficient (Wildman–Crippen LogP) is -1.48. The normalized spacial score (nSPS) is 5.14. The summed E-state index contributed by atoms with van der Waals surface area (Å²) in [6.45, 7) is 0. The molecular formula is Al2N3O9. The van der Waals surface area contributed by atoms with Crippen LogP contribution in [0.3, 0.4) is 0 Å². The molecule has 0 aromatic rings. The standard InChI is InChI=1S/2Al.3NO3/c;;3*2-1(3)4/q;+3;3*-1. The summed E-state index contributed by atoms with van der Waals surface area (Å²) in [6.07, 6.45) is 0. The zero-order valence-corrected chi connectivity index (χ0v) is 8.48. The van der Waals surface area contributed by atoms with Crippen LogP contribution in [0.1, 0.15) is 0 Å². The van der Waals surface area contributed by atoms with E-state index in [0.717, 1.165) is 0 Å². The van der Waals surface area contributed by atoms with Gasteiger partial charge in [0, 0.05) is 17.4 Å². The Bertz CT molecular complexity index is 116. The first kappa shape index (κ1) is 29.3. The molecule has 0 aliphatic rings. The van der Waals surface area contributed by atoms with E-state index < -0.39 is 15.3 Å². The Morgan fingerprint density at radius 1 is 0.571 bits per heavy atom. The van der Waals surface area contributed by atoms with E-state index in [2.05, 4.69) is 0 Å². The molecule has 0 unspecified atom stereocenters. The second kappa shape index (κ2) is 22.6. The molecule has 0 bridgehead atoms. The molecule has 0 N–H and O–H groups in total. The van der Waals surface area contributed by atoms with E-state index in [-0.39, 0.29) is 34.7 Å². The summed E-state index contributed by atoms with van der Waals surface area (Å²) in [4.78, 5) is 24.8. The minimum Gasteiger partial charge on any atom is -0.356 e. The van der Waals surface area contributed by atoms with Crippen molar-refractivity contribution in [3.05, 3.63) is 46.0 Å². The van der Waals surface area contributed by atoms with Gasteiger partial charge in [-0.3, -0.25) is 0 Å². The van der Waals surface area contributed by atoms with Gasteiger partial charge in [0.2, 0.25) is 0 Å². The van der Waals surface area contributed by atoms with Gasteiger partial charge in [-0.2, -0.15) is 0 Å². The Morgan fingerprint density at radius 3 is 0.571 bits per heavy atom. The summed E-state index contributed by atoms with van der Waals surface area (Å²) in [7, 11) is 0. The monoisotopic (exact) mass is 240 g/mol. The fourth-order valence-corrected chi connectivity index (χ4v) is 0. The van der Waals surface area contributed by atoms with Crippen LogP contribution < -0.4 is 0 Å². The van der Waals surface area contributed by atoms with Crippen molar-refractivity contribution < 1.29 is 15.3 Å². The van der Waals surface area contributed by atoms with Crippen LogP contribution in [0.15, 0.2) is 0 Å². The first-order valence-electron chi connectivity index (χ1n) is 1.64. The SMILES string of the molecule is O=[N+]([O-])[O-].O=[N+]([O-])[O-].O=[N+]([O-])[O-].[Al+3].[Al]. The van der Waals surface area contributed by atoms with Crippen LogP contribution in [-0.2, 0) is 0 Å². The van der Waals surface area contributed by atoms with Gasteiger partial charge in [0.25, 0.3) is 0 Å². The van der Waals surface area contributed by atoms with Gasteiger partial charge in [-0.1, -0.05) is 0 Å². The van der Waals surface area contributed by atoms with Gasteiger partial charge in [0.1, 0.15) is 0 Å². The average Bonchev–Trinajstić information content (AvgIpc) is 1.54. The van der Waals surface area contributed by atoms with Gasteiger partial charge in [-0.15, -0.1) is 0 Å². The van der Waals surface area contributed by atoms with Crippen molar-refractivity contribution in [1.82, 2.24) is 0 Å². The zero-order chi connectivity index (χ0) is 10.7. The van der Waals surface area contributed by atoms with Crippen molar-refractivity contribution in [2.75, 3.05) is 0 Å². The summed E-state index contributed by atoms with van der Waals surface area (Å²) in [5, 5.41) is 44.2. The molecule has 0 aliphatic heterocycles. The maximum atomic E-state index is 8.25. The van der Waals surface area contributed by atoms with Crippen LogP contribution in [0.2, 0.25) is 0 Å². The molecule has 0 amide bonds. The van der Waals surface area contributed by atoms with E-state index in [1.807, 2.05) is 0 Å². The van der Waals surface area contributed by atoms with E-state index in [1.165, 1.54) is 0 Å². The Labute approximate surface area is 96.3 Å². The molecule has 0 rings (SSSR count). The number of nitrogens with zero attached hydrogens (tertiary/aromatic N) is 3.